The number of rotatable bonds is 3. The molecule has 2 aromatic heterocycles. The van der Waals surface area contributed by atoms with Crippen LogP contribution < -0.4 is 5.73 Å². The molecular formula is C16H16N4. The largest absolute Gasteiger partial charge is 0.338 e. The molecule has 0 aliphatic heterocycles. The van der Waals surface area contributed by atoms with Crippen molar-refractivity contribution in [2.45, 2.75) is 18.3 Å². The average Bonchev–Trinajstić information content (AvgIpc) is 3.20. The Kier molecular flexibility index (Phi) is 2.41. The van der Waals surface area contributed by atoms with Gasteiger partial charge in [-0.15, -0.1) is 0 Å². The molecule has 4 rings (SSSR count). The number of hydrogen-bond donors (Lipinski definition) is 2. The summed E-state index contributed by atoms with van der Waals surface area (Å²) in [6.45, 7) is 0.726. The van der Waals surface area contributed by atoms with Crippen molar-refractivity contribution in [3.8, 4) is 11.4 Å². The molecule has 0 bridgehead atoms. The maximum absolute atomic E-state index is 5.91. The van der Waals surface area contributed by atoms with E-state index in [0.717, 1.165) is 29.0 Å². The van der Waals surface area contributed by atoms with Crippen molar-refractivity contribution in [1.82, 2.24) is 15.0 Å². The van der Waals surface area contributed by atoms with E-state index in [1.807, 2.05) is 12.1 Å². The van der Waals surface area contributed by atoms with Gasteiger partial charge in [0.2, 0.25) is 0 Å². The van der Waals surface area contributed by atoms with Gasteiger partial charge in [0.05, 0.1) is 11.0 Å². The highest BCUT2D eigenvalue weighted by molar-refractivity contribution is 5.80. The number of benzene rings is 1. The van der Waals surface area contributed by atoms with Gasteiger partial charge in [-0.25, -0.2) is 4.98 Å². The molecule has 20 heavy (non-hydrogen) atoms. The van der Waals surface area contributed by atoms with Crippen molar-refractivity contribution in [2.24, 2.45) is 5.73 Å². The maximum atomic E-state index is 5.91. The Morgan fingerprint density at radius 1 is 1.15 bits per heavy atom. The van der Waals surface area contributed by atoms with Gasteiger partial charge in [0.1, 0.15) is 5.82 Å². The number of nitrogens with one attached hydrogen (secondary N) is 1. The lowest BCUT2D eigenvalue weighted by atomic mass is 9.96. The quantitative estimate of drug-likeness (QED) is 0.764. The monoisotopic (exact) mass is 264 g/mol. The van der Waals surface area contributed by atoms with E-state index in [2.05, 4.69) is 33.2 Å². The summed E-state index contributed by atoms with van der Waals surface area (Å²) in [6.07, 6.45) is 5.95. The Labute approximate surface area is 117 Å². The molecule has 1 fully saturated rings. The van der Waals surface area contributed by atoms with E-state index in [9.17, 15) is 0 Å². The Morgan fingerprint density at radius 3 is 2.65 bits per heavy atom. The first kappa shape index (κ1) is 11.6. The molecule has 0 saturated heterocycles. The molecule has 0 atom stereocenters. The van der Waals surface area contributed by atoms with E-state index in [1.165, 1.54) is 18.4 Å². The summed E-state index contributed by atoms with van der Waals surface area (Å²) in [5.41, 5.74) is 10.6. The molecule has 1 saturated carbocycles. The lowest BCUT2D eigenvalue weighted by Crippen LogP contribution is -2.19. The molecule has 4 nitrogen and oxygen atoms in total. The number of aromatic amines is 1. The number of hydrogen-bond acceptors (Lipinski definition) is 3. The maximum Gasteiger partial charge on any atom is 0.138 e. The third-order valence-electron chi connectivity index (χ3n) is 4.29. The smallest absolute Gasteiger partial charge is 0.138 e. The topological polar surface area (TPSA) is 67.6 Å². The van der Waals surface area contributed by atoms with Crippen molar-refractivity contribution < 1.29 is 0 Å². The van der Waals surface area contributed by atoms with E-state index in [4.69, 9.17) is 5.73 Å². The van der Waals surface area contributed by atoms with Crippen LogP contribution >= 0.6 is 0 Å². The van der Waals surface area contributed by atoms with Gasteiger partial charge in [-0.1, -0.05) is 6.07 Å². The SMILES string of the molecule is NCC1(c2ccc3nc(-c4ccncc4)[nH]c3c2)CC1. The van der Waals surface area contributed by atoms with Crippen molar-refractivity contribution in [2.75, 3.05) is 6.54 Å². The van der Waals surface area contributed by atoms with E-state index < -0.39 is 0 Å². The van der Waals surface area contributed by atoms with Crippen LogP contribution in [0.15, 0.2) is 42.7 Å². The summed E-state index contributed by atoms with van der Waals surface area (Å²) in [5, 5.41) is 0. The molecular weight excluding hydrogens is 248 g/mol. The van der Waals surface area contributed by atoms with Crippen molar-refractivity contribution in [1.29, 1.82) is 0 Å². The lowest BCUT2D eigenvalue weighted by Gasteiger charge is -2.12. The minimum absolute atomic E-state index is 0.218. The lowest BCUT2D eigenvalue weighted by molar-refractivity contribution is 0.706. The van der Waals surface area contributed by atoms with Crippen LogP contribution in [0.25, 0.3) is 22.4 Å². The van der Waals surface area contributed by atoms with Crippen LogP contribution in [0.4, 0.5) is 0 Å². The molecule has 1 aromatic carbocycles. The zero-order valence-electron chi connectivity index (χ0n) is 11.1. The second-order valence-electron chi connectivity index (χ2n) is 5.54. The molecule has 100 valence electrons. The van der Waals surface area contributed by atoms with Gasteiger partial charge in [-0.2, -0.15) is 0 Å². The van der Waals surface area contributed by atoms with E-state index in [1.54, 1.807) is 12.4 Å². The van der Waals surface area contributed by atoms with Gasteiger partial charge < -0.3 is 10.7 Å². The molecule has 1 aliphatic rings. The number of nitrogens with zero attached hydrogens (tertiary/aromatic N) is 2. The van der Waals surface area contributed by atoms with E-state index >= 15 is 0 Å². The first-order valence-corrected chi connectivity index (χ1v) is 6.91. The third kappa shape index (κ3) is 1.72. The van der Waals surface area contributed by atoms with Gasteiger partial charge in [-0.3, -0.25) is 4.98 Å². The van der Waals surface area contributed by atoms with Gasteiger partial charge in [-0.05, 0) is 42.7 Å². The number of fused-ring (bicyclic) bond motifs is 1. The number of pyridine rings is 1. The Bertz CT molecular complexity index is 757. The summed E-state index contributed by atoms with van der Waals surface area (Å²) in [4.78, 5) is 12.1. The highest BCUT2D eigenvalue weighted by atomic mass is 14.9. The second kappa shape index (κ2) is 4.15. The highest BCUT2D eigenvalue weighted by Crippen LogP contribution is 2.47. The minimum Gasteiger partial charge on any atom is -0.338 e. The summed E-state index contributed by atoms with van der Waals surface area (Å²) in [7, 11) is 0. The van der Waals surface area contributed by atoms with Crippen LogP contribution in [0, 0.1) is 0 Å². The molecule has 0 unspecified atom stereocenters. The number of H-pyrrole nitrogens is 1. The predicted octanol–water partition coefficient (Wildman–Crippen LogP) is 2.62. The standard InChI is InChI=1S/C16H16N4/c17-10-16(5-6-16)12-1-2-13-14(9-12)20-15(19-13)11-3-7-18-8-4-11/h1-4,7-9H,5-6,10,17H2,(H,19,20). The fourth-order valence-corrected chi connectivity index (χ4v) is 2.75. The van der Waals surface area contributed by atoms with Crippen molar-refractivity contribution in [3.63, 3.8) is 0 Å². The molecule has 2 heterocycles. The Hall–Kier alpha value is -2.20. The van der Waals surface area contributed by atoms with Crippen LogP contribution in [0.1, 0.15) is 18.4 Å². The molecule has 1 aliphatic carbocycles. The average molecular weight is 264 g/mol. The number of imidazole rings is 1. The summed E-state index contributed by atoms with van der Waals surface area (Å²) in [6, 6.07) is 10.4. The Balaban J connectivity index is 1.80. The number of nitrogens with two attached hydrogens (primary N) is 1. The summed E-state index contributed by atoms with van der Waals surface area (Å²) >= 11 is 0. The summed E-state index contributed by atoms with van der Waals surface area (Å²) < 4.78 is 0. The normalized spacial score (nSPS) is 16.4. The Morgan fingerprint density at radius 2 is 1.95 bits per heavy atom. The minimum atomic E-state index is 0.218. The van der Waals surface area contributed by atoms with Crippen molar-refractivity contribution >= 4 is 11.0 Å². The van der Waals surface area contributed by atoms with Gasteiger partial charge in [0.25, 0.3) is 0 Å². The first-order chi connectivity index (χ1) is 9.81. The van der Waals surface area contributed by atoms with Gasteiger partial charge in [0.15, 0.2) is 0 Å². The summed E-state index contributed by atoms with van der Waals surface area (Å²) in [5.74, 6) is 0.886. The van der Waals surface area contributed by atoms with Crippen LogP contribution in [0.2, 0.25) is 0 Å². The van der Waals surface area contributed by atoms with E-state index in [0.29, 0.717) is 0 Å². The fraction of sp³-hybridized carbons (Fsp3) is 0.250. The van der Waals surface area contributed by atoms with Crippen LogP contribution in [-0.4, -0.2) is 21.5 Å². The molecule has 0 spiro atoms. The zero-order chi connectivity index (χ0) is 13.6. The molecule has 0 radical (unpaired) electrons. The molecule has 3 aromatic rings. The zero-order valence-corrected chi connectivity index (χ0v) is 11.1. The third-order valence-corrected chi connectivity index (χ3v) is 4.29. The fourth-order valence-electron chi connectivity index (χ4n) is 2.75. The molecule has 3 N–H and O–H groups in total. The van der Waals surface area contributed by atoms with Crippen molar-refractivity contribution in [3.05, 3.63) is 48.3 Å². The van der Waals surface area contributed by atoms with E-state index in [-0.39, 0.29) is 5.41 Å². The van der Waals surface area contributed by atoms with Crippen LogP contribution in [0.3, 0.4) is 0 Å². The van der Waals surface area contributed by atoms with Crippen LogP contribution in [-0.2, 0) is 5.41 Å². The molecule has 4 heteroatoms. The van der Waals surface area contributed by atoms with Gasteiger partial charge >= 0.3 is 0 Å². The van der Waals surface area contributed by atoms with Crippen LogP contribution in [0.5, 0.6) is 0 Å². The first-order valence-electron chi connectivity index (χ1n) is 6.91. The second-order valence-corrected chi connectivity index (χ2v) is 5.54. The number of aromatic nitrogens is 3. The van der Waals surface area contributed by atoms with Gasteiger partial charge in [0, 0.05) is 29.9 Å². The highest BCUT2D eigenvalue weighted by Gasteiger charge is 2.42. The molecule has 0 amide bonds. The predicted molar refractivity (Wildman–Crippen MR) is 79.3 cm³/mol.